The Bertz CT molecular complexity index is 595. The lowest BCUT2D eigenvalue weighted by atomic mass is 10.2. The van der Waals surface area contributed by atoms with Gasteiger partial charge in [-0.3, -0.25) is 4.79 Å². The molecule has 0 amide bonds. The molecule has 0 bridgehead atoms. The molecule has 1 aromatic heterocycles. The highest BCUT2D eigenvalue weighted by Gasteiger charge is 2.05. The smallest absolute Gasteiger partial charge is 0.303 e. The van der Waals surface area contributed by atoms with Gasteiger partial charge < -0.3 is 10.1 Å². The van der Waals surface area contributed by atoms with Crippen LogP contribution in [0.25, 0.3) is 0 Å². The van der Waals surface area contributed by atoms with Gasteiger partial charge in [-0.25, -0.2) is 4.39 Å². The minimum absolute atomic E-state index is 0.288. The van der Waals surface area contributed by atoms with Crippen molar-refractivity contribution in [1.82, 2.24) is 9.94 Å². The highest BCUT2D eigenvalue weighted by molar-refractivity contribution is 5.36. The molecule has 0 saturated carbocycles. The molecule has 0 atom stereocenters. The topological polar surface area (TPSA) is 58.4 Å². The molecule has 0 spiro atoms. The molecule has 1 N–H and O–H groups in total. The number of halogens is 1. The lowest BCUT2D eigenvalue weighted by Crippen LogP contribution is -2.25. The quantitative estimate of drug-likeness (QED) is 0.832. The summed E-state index contributed by atoms with van der Waals surface area (Å²) in [6, 6.07) is 8.83. The molecule has 0 unspecified atom stereocenters. The zero-order chi connectivity index (χ0) is 13.1. The predicted molar refractivity (Wildman–Crippen MR) is 64.2 cm³/mol. The Hall–Kier alpha value is -2.37. The highest BCUT2D eigenvalue weighted by atomic mass is 19.1. The van der Waals surface area contributed by atoms with Gasteiger partial charge in [-0.05, 0) is 23.8 Å². The monoisotopic (exact) mass is 249 g/mol. The maximum Gasteiger partial charge on any atom is 0.303 e. The first-order valence-corrected chi connectivity index (χ1v) is 5.31. The average molecular weight is 249 g/mol. The number of benzene rings is 1. The number of nitrogens with zero attached hydrogens (tertiary/aromatic N) is 3. The molecule has 0 aliphatic heterocycles. The van der Waals surface area contributed by atoms with E-state index in [0.717, 1.165) is 5.56 Å². The Morgan fingerprint density at radius 3 is 2.56 bits per heavy atom. The van der Waals surface area contributed by atoms with E-state index in [4.69, 9.17) is 5.21 Å². The van der Waals surface area contributed by atoms with Crippen LogP contribution in [0.1, 0.15) is 5.56 Å². The van der Waals surface area contributed by atoms with Crippen LogP contribution in [0.4, 0.5) is 10.2 Å². The van der Waals surface area contributed by atoms with E-state index in [2.05, 4.69) is 5.10 Å². The largest absolute Gasteiger partial charge is 0.409 e. The maximum atomic E-state index is 12.7. The highest BCUT2D eigenvalue weighted by Crippen LogP contribution is 2.11. The lowest BCUT2D eigenvalue weighted by Gasteiger charge is -2.17. The molecular formula is C12H12FN3O2. The van der Waals surface area contributed by atoms with E-state index in [0.29, 0.717) is 12.4 Å². The minimum atomic E-state index is -0.589. The molecule has 5 nitrogen and oxygen atoms in total. The van der Waals surface area contributed by atoms with E-state index in [1.807, 2.05) is 0 Å². The van der Waals surface area contributed by atoms with Crippen LogP contribution in [0.2, 0.25) is 0 Å². The molecule has 0 saturated heterocycles. The molecule has 0 aliphatic rings. The Labute approximate surface area is 103 Å². The maximum absolute atomic E-state index is 12.7. The first-order chi connectivity index (χ1) is 8.56. The summed E-state index contributed by atoms with van der Waals surface area (Å²) in [6.45, 7) is 0.492. The second-order valence-electron chi connectivity index (χ2n) is 3.90. The van der Waals surface area contributed by atoms with Crippen LogP contribution in [0, 0.1) is 5.82 Å². The van der Waals surface area contributed by atoms with Gasteiger partial charge in [-0.1, -0.05) is 17.0 Å². The van der Waals surface area contributed by atoms with Crippen LogP contribution < -0.4 is 10.5 Å². The Kier molecular flexibility index (Phi) is 3.27. The van der Waals surface area contributed by atoms with Crippen LogP contribution in [0.3, 0.4) is 0 Å². The average Bonchev–Trinajstić information content (AvgIpc) is 2.35. The van der Waals surface area contributed by atoms with Gasteiger partial charge in [0.2, 0.25) is 0 Å². The van der Waals surface area contributed by atoms with E-state index < -0.39 is 5.56 Å². The second-order valence-corrected chi connectivity index (χ2v) is 3.90. The summed E-state index contributed by atoms with van der Waals surface area (Å²) >= 11 is 0. The molecule has 0 aliphatic carbocycles. The van der Waals surface area contributed by atoms with Crippen LogP contribution in [-0.4, -0.2) is 22.2 Å². The van der Waals surface area contributed by atoms with Gasteiger partial charge in [0.15, 0.2) is 5.82 Å². The van der Waals surface area contributed by atoms with Crippen molar-refractivity contribution in [3.05, 3.63) is 58.1 Å². The van der Waals surface area contributed by atoms with Crippen molar-refractivity contribution in [1.29, 1.82) is 0 Å². The summed E-state index contributed by atoms with van der Waals surface area (Å²) in [4.78, 5) is 13.0. The third-order valence-corrected chi connectivity index (χ3v) is 2.49. The predicted octanol–water partition coefficient (Wildman–Crippen LogP) is 1.26. The molecule has 2 rings (SSSR count). The number of rotatable bonds is 3. The van der Waals surface area contributed by atoms with E-state index in [-0.39, 0.29) is 10.7 Å². The summed E-state index contributed by atoms with van der Waals surface area (Å²) in [6.07, 6.45) is 0. The Morgan fingerprint density at radius 1 is 1.28 bits per heavy atom. The van der Waals surface area contributed by atoms with Gasteiger partial charge >= 0.3 is 5.56 Å². The van der Waals surface area contributed by atoms with Crippen molar-refractivity contribution in [2.75, 3.05) is 11.9 Å². The van der Waals surface area contributed by atoms with Crippen LogP contribution >= 0.6 is 0 Å². The number of anilines is 1. The van der Waals surface area contributed by atoms with Crippen molar-refractivity contribution in [3.63, 3.8) is 0 Å². The summed E-state index contributed by atoms with van der Waals surface area (Å²) in [7, 11) is 1.76. The van der Waals surface area contributed by atoms with Gasteiger partial charge in [-0.15, -0.1) is 5.10 Å². The number of aromatic nitrogens is 2. The Balaban J connectivity index is 2.16. The standard InChI is InChI=1S/C12H12FN3O2/c1-15(8-9-2-4-10(13)5-3-9)11-6-7-12(17)16(18)14-11/h2-7,18H,8H2,1H3. The van der Waals surface area contributed by atoms with E-state index >= 15 is 0 Å². The Morgan fingerprint density at radius 2 is 1.94 bits per heavy atom. The van der Waals surface area contributed by atoms with Crippen LogP contribution in [-0.2, 0) is 6.54 Å². The van der Waals surface area contributed by atoms with Crippen LogP contribution in [0.5, 0.6) is 0 Å². The van der Waals surface area contributed by atoms with E-state index in [1.165, 1.54) is 24.3 Å². The first-order valence-electron chi connectivity index (χ1n) is 5.31. The summed E-state index contributed by atoms with van der Waals surface area (Å²) in [5.74, 6) is 0.157. The van der Waals surface area contributed by atoms with Gasteiger partial charge in [-0.2, -0.15) is 0 Å². The molecule has 2 aromatic rings. The van der Waals surface area contributed by atoms with Crippen molar-refractivity contribution in [2.24, 2.45) is 0 Å². The zero-order valence-electron chi connectivity index (χ0n) is 9.75. The summed E-state index contributed by atoms with van der Waals surface area (Å²) < 4.78 is 12.7. The molecule has 1 heterocycles. The summed E-state index contributed by atoms with van der Waals surface area (Å²) in [5.41, 5.74) is 0.310. The fourth-order valence-electron chi connectivity index (χ4n) is 1.54. The van der Waals surface area contributed by atoms with E-state index in [9.17, 15) is 9.18 Å². The SMILES string of the molecule is CN(Cc1ccc(F)cc1)c1ccc(=O)n(O)n1. The number of hydrogen-bond donors (Lipinski definition) is 1. The van der Waals surface area contributed by atoms with Gasteiger partial charge in [0, 0.05) is 19.7 Å². The van der Waals surface area contributed by atoms with E-state index in [1.54, 1.807) is 24.1 Å². The van der Waals surface area contributed by atoms with Gasteiger partial charge in [0.05, 0.1) is 0 Å². The van der Waals surface area contributed by atoms with Crippen molar-refractivity contribution >= 4 is 5.82 Å². The normalized spacial score (nSPS) is 10.3. The molecular weight excluding hydrogens is 237 g/mol. The molecule has 18 heavy (non-hydrogen) atoms. The molecule has 0 fully saturated rings. The fourth-order valence-corrected chi connectivity index (χ4v) is 1.54. The summed E-state index contributed by atoms with van der Waals surface area (Å²) in [5, 5.41) is 12.9. The van der Waals surface area contributed by atoms with Crippen LogP contribution in [0.15, 0.2) is 41.2 Å². The third kappa shape index (κ3) is 2.65. The lowest BCUT2D eigenvalue weighted by molar-refractivity contribution is 0.135. The van der Waals surface area contributed by atoms with Crippen molar-refractivity contribution in [2.45, 2.75) is 6.54 Å². The van der Waals surface area contributed by atoms with Gasteiger partial charge in [0.1, 0.15) is 5.82 Å². The minimum Gasteiger partial charge on any atom is -0.409 e. The molecule has 6 heteroatoms. The van der Waals surface area contributed by atoms with Crippen molar-refractivity contribution < 1.29 is 9.60 Å². The van der Waals surface area contributed by atoms with Crippen molar-refractivity contribution in [3.8, 4) is 0 Å². The first kappa shape index (κ1) is 12.1. The second kappa shape index (κ2) is 4.87. The fraction of sp³-hybridized carbons (Fsp3) is 0.167. The third-order valence-electron chi connectivity index (χ3n) is 2.49. The molecule has 94 valence electrons. The number of hydrogen-bond acceptors (Lipinski definition) is 4. The molecule has 0 radical (unpaired) electrons. The zero-order valence-corrected chi connectivity index (χ0v) is 9.75. The molecule has 1 aromatic carbocycles. The van der Waals surface area contributed by atoms with Gasteiger partial charge in [0.25, 0.3) is 0 Å².